The number of nitrogens with zero attached hydrogens (tertiary/aromatic N) is 3. The normalized spacial score (nSPS) is 11.2. The van der Waals surface area contributed by atoms with Gasteiger partial charge < -0.3 is 9.47 Å². The van der Waals surface area contributed by atoms with Crippen molar-refractivity contribution in [3.05, 3.63) is 68.7 Å². The summed E-state index contributed by atoms with van der Waals surface area (Å²) in [6, 6.07) is 10.1. The third kappa shape index (κ3) is 4.92. The molecule has 0 amide bonds. The maximum Gasteiger partial charge on any atom is 0.216 e. The topological polar surface area (TPSA) is 64.4 Å². The van der Waals surface area contributed by atoms with Crippen molar-refractivity contribution in [2.45, 2.75) is 41.2 Å². The molecule has 7 heteroatoms. The molecule has 0 bridgehead atoms. The first-order chi connectivity index (χ1) is 13.9. The van der Waals surface area contributed by atoms with Crippen molar-refractivity contribution in [2.75, 3.05) is 6.61 Å². The first-order valence-electron chi connectivity index (χ1n) is 9.53. The SMILES string of the molecule is CCOc1cc(/C=N\n2c(C)n[nH]c2=S)ccc1OCc1c(C)cc(C)cc1C. The van der Waals surface area contributed by atoms with Crippen LogP contribution in [0.25, 0.3) is 0 Å². The van der Waals surface area contributed by atoms with Gasteiger partial charge in [0.25, 0.3) is 0 Å². The van der Waals surface area contributed by atoms with E-state index in [2.05, 4.69) is 48.2 Å². The molecule has 0 aliphatic heterocycles. The van der Waals surface area contributed by atoms with Gasteiger partial charge in [0.1, 0.15) is 12.4 Å². The Hall–Kier alpha value is -2.93. The number of hydrogen-bond donors (Lipinski definition) is 1. The lowest BCUT2D eigenvalue weighted by atomic mass is 10.0. The fraction of sp³-hybridized carbons (Fsp3) is 0.318. The van der Waals surface area contributed by atoms with E-state index in [0.717, 1.165) is 5.56 Å². The molecule has 0 saturated heterocycles. The fourth-order valence-electron chi connectivity index (χ4n) is 3.21. The third-order valence-corrected chi connectivity index (χ3v) is 4.88. The average Bonchev–Trinajstić information content (AvgIpc) is 2.98. The number of hydrogen-bond acceptors (Lipinski definition) is 5. The number of H-pyrrole nitrogens is 1. The van der Waals surface area contributed by atoms with Crippen molar-refractivity contribution in [1.29, 1.82) is 0 Å². The highest BCUT2D eigenvalue weighted by Gasteiger charge is 2.10. The number of aromatic amines is 1. The van der Waals surface area contributed by atoms with Crippen molar-refractivity contribution in [3.8, 4) is 11.5 Å². The minimum Gasteiger partial charge on any atom is -0.490 e. The molecule has 1 N–H and O–H groups in total. The van der Waals surface area contributed by atoms with Gasteiger partial charge in [0.15, 0.2) is 11.5 Å². The highest BCUT2D eigenvalue weighted by molar-refractivity contribution is 7.71. The van der Waals surface area contributed by atoms with Crippen LogP contribution in [-0.2, 0) is 6.61 Å². The lowest BCUT2D eigenvalue weighted by Crippen LogP contribution is -2.04. The van der Waals surface area contributed by atoms with Crippen LogP contribution in [0.5, 0.6) is 11.5 Å². The Labute approximate surface area is 176 Å². The van der Waals surface area contributed by atoms with Crippen molar-refractivity contribution in [2.24, 2.45) is 5.10 Å². The summed E-state index contributed by atoms with van der Waals surface area (Å²) in [5.41, 5.74) is 5.81. The van der Waals surface area contributed by atoms with Crippen LogP contribution in [0, 0.1) is 32.5 Å². The summed E-state index contributed by atoms with van der Waals surface area (Å²) in [7, 11) is 0. The quantitative estimate of drug-likeness (QED) is 0.438. The van der Waals surface area contributed by atoms with Crippen LogP contribution in [-0.4, -0.2) is 27.7 Å². The molecule has 1 aromatic heterocycles. The van der Waals surface area contributed by atoms with Gasteiger partial charge in [0.05, 0.1) is 12.8 Å². The summed E-state index contributed by atoms with van der Waals surface area (Å²) in [6.07, 6.45) is 1.72. The molecule has 0 unspecified atom stereocenters. The van der Waals surface area contributed by atoms with Crippen LogP contribution >= 0.6 is 12.2 Å². The van der Waals surface area contributed by atoms with Crippen molar-refractivity contribution >= 4 is 18.4 Å². The van der Waals surface area contributed by atoms with Crippen LogP contribution in [0.4, 0.5) is 0 Å². The molecular weight excluding hydrogens is 384 g/mol. The van der Waals surface area contributed by atoms with Crippen LogP contribution in [0.1, 0.15) is 40.6 Å². The van der Waals surface area contributed by atoms with E-state index in [4.69, 9.17) is 21.7 Å². The van der Waals surface area contributed by atoms with E-state index < -0.39 is 0 Å². The summed E-state index contributed by atoms with van der Waals surface area (Å²) in [5.74, 6) is 2.09. The van der Waals surface area contributed by atoms with E-state index in [-0.39, 0.29) is 0 Å². The molecule has 0 aliphatic carbocycles. The molecule has 0 fully saturated rings. The summed E-state index contributed by atoms with van der Waals surface area (Å²) in [4.78, 5) is 0. The Morgan fingerprint density at radius 1 is 1.07 bits per heavy atom. The number of aryl methyl sites for hydroxylation is 4. The van der Waals surface area contributed by atoms with Crippen LogP contribution in [0.2, 0.25) is 0 Å². The van der Waals surface area contributed by atoms with E-state index >= 15 is 0 Å². The van der Waals surface area contributed by atoms with E-state index in [1.807, 2.05) is 32.0 Å². The molecule has 1 heterocycles. The molecule has 2 aromatic carbocycles. The molecule has 29 heavy (non-hydrogen) atoms. The standard InChI is InChI=1S/C22H26N4O2S/c1-6-27-21-11-18(12-23-26-17(5)24-25-22(26)29)7-8-20(21)28-13-19-15(3)9-14(2)10-16(19)4/h7-12H,6,13H2,1-5H3,(H,25,29)/b23-12-. The van der Waals surface area contributed by atoms with Gasteiger partial charge in [-0.25, -0.2) is 0 Å². The fourth-order valence-corrected chi connectivity index (χ4v) is 3.44. The summed E-state index contributed by atoms with van der Waals surface area (Å²) in [6.45, 7) is 11.2. The largest absolute Gasteiger partial charge is 0.490 e. The van der Waals surface area contributed by atoms with Gasteiger partial charge in [-0.3, -0.25) is 5.10 Å². The molecular formula is C22H26N4O2S. The molecule has 3 rings (SSSR count). The van der Waals surface area contributed by atoms with Crippen LogP contribution < -0.4 is 9.47 Å². The lowest BCUT2D eigenvalue weighted by Gasteiger charge is -2.15. The van der Waals surface area contributed by atoms with Crippen LogP contribution in [0.3, 0.4) is 0 Å². The molecule has 6 nitrogen and oxygen atoms in total. The predicted octanol–water partition coefficient (Wildman–Crippen LogP) is 5.03. The first-order valence-corrected chi connectivity index (χ1v) is 9.94. The Kier molecular flexibility index (Phi) is 6.49. The van der Waals surface area contributed by atoms with E-state index in [9.17, 15) is 0 Å². The van der Waals surface area contributed by atoms with Gasteiger partial charge in [0.2, 0.25) is 4.77 Å². The van der Waals surface area contributed by atoms with Crippen molar-refractivity contribution in [3.63, 3.8) is 0 Å². The highest BCUT2D eigenvalue weighted by atomic mass is 32.1. The van der Waals surface area contributed by atoms with Gasteiger partial charge in [0, 0.05) is 0 Å². The maximum absolute atomic E-state index is 6.11. The molecule has 0 spiro atoms. The Balaban J connectivity index is 1.82. The lowest BCUT2D eigenvalue weighted by molar-refractivity contribution is 0.268. The number of ether oxygens (including phenoxy) is 2. The molecule has 0 atom stereocenters. The Bertz CT molecular complexity index is 1080. The molecule has 3 aromatic rings. The second kappa shape index (κ2) is 9.05. The molecule has 0 saturated carbocycles. The number of benzene rings is 2. The third-order valence-electron chi connectivity index (χ3n) is 4.61. The zero-order valence-electron chi connectivity index (χ0n) is 17.4. The molecule has 0 aliphatic rings. The second-order valence-electron chi connectivity index (χ2n) is 6.94. The maximum atomic E-state index is 6.11. The van der Waals surface area contributed by atoms with E-state index in [1.54, 1.807) is 10.9 Å². The highest BCUT2D eigenvalue weighted by Crippen LogP contribution is 2.30. The van der Waals surface area contributed by atoms with Gasteiger partial charge in [-0.2, -0.15) is 14.9 Å². The van der Waals surface area contributed by atoms with Crippen molar-refractivity contribution < 1.29 is 9.47 Å². The van der Waals surface area contributed by atoms with Crippen molar-refractivity contribution in [1.82, 2.24) is 14.9 Å². The predicted molar refractivity (Wildman–Crippen MR) is 118 cm³/mol. The minimum atomic E-state index is 0.451. The number of aromatic nitrogens is 3. The summed E-state index contributed by atoms with van der Waals surface area (Å²) < 4.78 is 13.9. The first kappa shape index (κ1) is 20.8. The van der Waals surface area contributed by atoms with E-state index in [1.165, 1.54) is 22.3 Å². The minimum absolute atomic E-state index is 0.451. The Morgan fingerprint density at radius 2 is 1.79 bits per heavy atom. The Morgan fingerprint density at radius 3 is 2.41 bits per heavy atom. The number of rotatable bonds is 7. The molecule has 152 valence electrons. The molecule has 0 radical (unpaired) electrons. The van der Waals surface area contributed by atoms with E-state index in [0.29, 0.717) is 35.3 Å². The van der Waals surface area contributed by atoms with Gasteiger partial charge in [-0.1, -0.05) is 17.7 Å². The number of nitrogens with one attached hydrogen (secondary N) is 1. The zero-order chi connectivity index (χ0) is 21.0. The van der Waals surface area contributed by atoms with Crippen LogP contribution in [0.15, 0.2) is 35.4 Å². The monoisotopic (exact) mass is 410 g/mol. The summed E-state index contributed by atoms with van der Waals surface area (Å²) >= 11 is 5.17. The second-order valence-corrected chi connectivity index (χ2v) is 7.32. The van der Waals surface area contributed by atoms with Gasteiger partial charge in [-0.15, -0.1) is 0 Å². The average molecular weight is 411 g/mol. The zero-order valence-corrected chi connectivity index (χ0v) is 18.3. The smallest absolute Gasteiger partial charge is 0.216 e. The summed E-state index contributed by atoms with van der Waals surface area (Å²) in [5, 5.41) is 11.2. The van der Waals surface area contributed by atoms with Gasteiger partial charge in [-0.05, 0) is 87.3 Å². The van der Waals surface area contributed by atoms with Gasteiger partial charge >= 0.3 is 0 Å².